The molecule has 0 aliphatic heterocycles. The van der Waals surface area contributed by atoms with Gasteiger partial charge in [-0.15, -0.1) is 0 Å². The number of hydrogen-bond acceptors (Lipinski definition) is 5. The van der Waals surface area contributed by atoms with Crippen molar-refractivity contribution in [3.8, 4) is 5.75 Å². The number of rotatable bonds is 5. The van der Waals surface area contributed by atoms with Gasteiger partial charge in [0.2, 0.25) is 10.0 Å². The largest absolute Gasteiger partial charge is 0.493 e. The fraction of sp³-hybridized carbons (Fsp3) is 0.300. The third-order valence-corrected chi connectivity index (χ3v) is 3.75. The minimum atomic E-state index is -3.65. The summed E-state index contributed by atoms with van der Waals surface area (Å²) >= 11 is 1.39. The Kier molecular flexibility index (Phi) is 5.45. The molecule has 0 fully saturated rings. The molecule has 0 bridgehead atoms. The summed E-state index contributed by atoms with van der Waals surface area (Å²) < 4.78 is 27.4. The van der Waals surface area contributed by atoms with Crippen molar-refractivity contribution >= 4 is 27.0 Å². The number of nitrogens with two attached hydrogens (primary N) is 2. The molecule has 0 aliphatic rings. The summed E-state index contributed by atoms with van der Waals surface area (Å²) in [5.41, 5.74) is 5.50. The lowest BCUT2D eigenvalue weighted by molar-refractivity contribution is 0.344. The van der Waals surface area contributed by atoms with Crippen LogP contribution in [0.1, 0.15) is 0 Å². The first-order valence-electron chi connectivity index (χ1n) is 5.04. The quantitative estimate of drug-likeness (QED) is 0.463. The Morgan fingerprint density at radius 2 is 2.00 bits per heavy atom. The van der Waals surface area contributed by atoms with Crippen LogP contribution in [0.2, 0.25) is 0 Å². The summed E-state index contributed by atoms with van der Waals surface area (Å²) in [5.74, 6) is 1.25. The fourth-order valence-electron chi connectivity index (χ4n) is 1.10. The van der Waals surface area contributed by atoms with Gasteiger partial charge in [-0.3, -0.25) is 4.99 Å². The van der Waals surface area contributed by atoms with Crippen molar-refractivity contribution in [2.75, 3.05) is 19.4 Å². The molecule has 0 unspecified atom stereocenters. The average molecular weight is 289 g/mol. The van der Waals surface area contributed by atoms with Crippen LogP contribution in [-0.4, -0.2) is 33.0 Å². The van der Waals surface area contributed by atoms with Crippen molar-refractivity contribution < 1.29 is 13.2 Å². The molecule has 6 nitrogen and oxygen atoms in total. The highest BCUT2D eigenvalue weighted by Crippen LogP contribution is 2.15. The lowest BCUT2D eigenvalue weighted by atomic mass is 10.3. The standard InChI is InChI=1S/C10H15N3O3S2/c1-13-10(11)17-7-6-16-8-2-4-9(5-3-8)18(12,14)15/h2-5H,6-7H2,1H3,(H2,11,13)(H2,12,14,15). The van der Waals surface area contributed by atoms with E-state index in [-0.39, 0.29) is 4.90 Å². The Hall–Kier alpha value is -1.25. The summed E-state index contributed by atoms with van der Waals surface area (Å²) in [6.45, 7) is 0.454. The van der Waals surface area contributed by atoms with Crippen LogP contribution in [0.3, 0.4) is 0 Å². The minimum Gasteiger partial charge on any atom is -0.493 e. The van der Waals surface area contributed by atoms with Crippen LogP contribution in [0.15, 0.2) is 34.2 Å². The topological polar surface area (TPSA) is 108 Å². The molecule has 0 saturated heterocycles. The Morgan fingerprint density at radius 3 is 2.50 bits per heavy atom. The van der Waals surface area contributed by atoms with Gasteiger partial charge in [0.1, 0.15) is 5.75 Å². The van der Waals surface area contributed by atoms with Crippen LogP contribution in [0.4, 0.5) is 0 Å². The zero-order chi connectivity index (χ0) is 13.6. The zero-order valence-corrected chi connectivity index (χ0v) is 11.5. The monoisotopic (exact) mass is 289 g/mol. The van der Waals surface area contributed by atoms with Gasteiger partial charge in [-0.2, -0.15) is 0 Å². The molecule has 0 saturated carbocycles. The summed E-state index contributed by atoms with van der Waals surface area (Å²) in [6.07, 6.45) is 0. The Morgan fingerprint density at radius 1 is 1.39 bits per heavy atom. The Labute approximate surface area is 110 Å². The summed E-state index contributed by atoms with van der Waals surface area (Å²) in [5, 5.41) is 5.48. The molecule has 4 N–H and O–H groups in total. The van der Waals surface area contributed by atoms with Gasteiger partial charge in [-0.25, -0.2) is 13.6 Å². The number of aliphatic imine (C=N–C) groups is 1. The zero-order valence-electron chi connectivity index (χ0n) is 9.87. The van der Waals surface area contributed by atoms with Crippen molar-refractivity contribution in [1.29, 1.82) is 0 Å². The van der Waals surface area contributed by atoms with Crippen LogP contribution in [0.5, 0.6) is 5.75 Å². The second kappa shape index (κ2) is 6.62. The van der Waals surface area contributed by atoms with Crippen molar-refractivity contribution in [2.24, 2.45) is 15.9 Å². The van der Waals surface area contributed by atoms with Crippen LogP contribution >= 0.6 is 11.8 Å². The molecule has 1 aromatic carbocycles. The number of benzene rings is 1. The third kappa shape index (κ3) is 4.94. The van der Waals surface area contributed by atoms with Crippen LogP contribution in [-0.2, 0) is 10.0 Å². The maximum atomic E-state index is 11.0. The van der Waals surface area contributed by atoms with E-state index in [2.05, 4.69) is 4.99 Å². The van der Waals surface area contributed by atoms with Crippen molar-refractivity contribution in [2.45, 2.75) is 4.90 Å². The molecule has 0 radical (unpaired) electrons. The molecule has 0 spiro atoms. The van der Waals surface area contributed by atoms with Gasteiger partial charge in [0.05, 0.1) is 11.5 Å². The van der Waals surface area contributed by atoms with Gasteiger partial charge in [-0.05, 0) is 24.3 Å². The van der Waals surface area contributed by atoms with Gasteiger partial charge in [0.25, 0.3) is 0 Å². The second-order valence-corrected chi connectivity index (χ2v) is 5.95. The Bertz CT molecular complexity index is 512. The average Bonchev–Trinajstić information content (AvgIpc) is 2.33. The predicted molar refractivity (Wildman–Crippen MR) is 73.3 cm³/mol. The number of nitrogens with zero attached hydrogens (tertiary/aromatic N) is 1. The molecule has 0 aliphatic carbocycles. The van der Waals surface area contributed by atoms with E-state index in [9.17, 15) is 8.42 Å². The number of thioether (sulfide) groups is 1. The molecular weight excluding hydrogens is 274 g/mol. The number of primary sulfonamides is 1. The fourth-order valence-corrected chi connectivity index (χ4v) is 2.12. The van der Waals surface area contributed by atoms with Crippen LogP contribution < -0.4 is 15.6 Å². The first kappa shape index (κ1) is 14.8. The summed E-state index contributed by atoms with van der Waals surface area (Å²) in [7, 11) is -2.03. The maximum Gasteiger partial charge on any atom is 0.238 e. The summed E-state index contributed by atoms with van der Waals surface area (Å²) in [4.78, 5) is 3.85. The number of hydrogen-bond donors (Lipinski definition) is 2. The molecule has 1 aromatic rings. The highest BCUT2D eigenvalue weighted by atomic mass is 32.2. The van der Waals surface area contributed by atoms with Crippen molar-refractivity contribution in [1.82, 2.24) is 0 Å². The first-order valence-corrected chi connectivity index (χ1v) is 7.57. The highest BCUT2D eigenvalue weighted by Gasteiger charge is 2.06. The van der Waals surface area contributed by atoms with E-state index in [1.807, 2.05) is 0 Å². The van der Waals surface area contributed by atoms with E-state index in [1.165, 1.54) is 23.9 Å². The van der Waals surface area contributed by atoms with E-state index in [0.29, 0.717) is 23.3 Å². The molecule has 1 rings (SSSR count). The van der Waals surface area contributed by atoms with E-state index in [0.717, 1.165) is 0 Å². The molecule has 0 atom stereocenters. The summed E-state index contributed by atoms with van der Waals surface area (Å²) in [6, 6.07) is 5.92. The SMILES string of the molecule is CN=C(N)SCCOc1ccc(S(N)(=O)=O)cc1. The third-order valence-electron chi connectivity index (χ3n) is 1.97. The van der Waals surface area contributed by atoms with E-state index >= 15 is 0 Å². The van der Waals surface area contributed by atoms with Gasteiger partial charge in [0, 0.05) is 12.8 Å². The molecule has 0 aromatic heterocycles. The molecule has 18 heavy (non-hydrogen) atoms. The second-order valence-electron chi connectivity index (χ2n) is 3.28. The lowest BCUT2D eigenvalue weighted by Crippen LogP contribution is -2.12. The molecular formula is C10H15N3O3S2. The number of amidine groups is 1. The highest BCUT2D eigenvalue weighted by molar-refractivity contribution is 8.13. The van der Waals surface area contributed by atoms with Crippen molar-refractivity contribution in [3.05, 3.63) is 24.3 Å². The van der Waals surface area contributed by atoms with Crippen LogP contribution in [0, 0.1) is 0 Å². The van der Waals surface area contributed by atoms with Gasteiger partial charge in [0.15, 0.2) is 5.17 Å². The van der Waals surface area contributed by atoms with E-state index in [1.54, 1.807) is 19.2 Å². The molecule has 0 amide bonds. The number of ether oxygens (including phenoxy) is 1. The lowest BCUT2D eigenvalue weighted by Gasteiger charge is -2.06. The van der Waals surface area contributed by atoms with E-state index in [4.69, 9.17) is 15.6 Å². The van der Waals surface area contributed by atoms with Gasteiger partial charge in [-0.1, -0.05) is 11.8 Å². The van der Waals surface area contributed by atoms with E-state index < -0.39 is 10.0 Å². The van der Waals surface area contributed by atoms with Crippen LogP contribution in [0.25, 0.3) is 0 Å². The Balaban J connectivity index is 2.45. The maximum absolute atomic E-state index is 11.0. The normalized spacial score (nSPS) is 12.4. The smallest absolute Gasteiger partial charge is 0.238 e. The molecule has 100 valence electrons. The van der Waals surface area contributed by atoms with Crippen molar-refractivity contribution in [3.63, 3.8) is 0 Å². The molecule has 8 heteroatoms. The number of sulfonamides is 1. The first-order chi connectivity index (χ1) is 8.43. The predicted octanol–water partition coefficient (Wildman–Crippen LogP) is 0.391. The minimum absolute atomic E-state index is 0.0617. The molecule has 0 heterocycles. The van der Waals surface area contributed by atoms with Gasteiger partial charge < -0.3 is 10.5 Å². The van der Waals surface area contributed by atoms with Gasteiger partial charge >= 0.3 is 0 Å².